The van der Waals surface area contributed by atoms with Crippen molar-refractivity contribution in [1.82, 2.24) is 4.72 Å². The van der Waals surface area contributed by atoms with Gasteiger partial charge in [-0.25, -0.2) is 13.1 Å². The third-order valence-corrected chi connectivity index (χ3v) is 4.49. The van der Waals surface area contributed by atoms with Crippen LogP contribution in [-0.2, 0) is 10.0 Å². The van der Waals surface area contributed by atoms with E-state index in [0.717, 1.165) is 12.8 Å². The number of ether oxygens (including phenoxy) is 2. The van der Waals surface area contributed by atoms with Gasteiger partial charge >= 0.3 is 0 Å². The summed E-state index contributed by atoms with van der Waals surface area (Å²) < 4.78 is 37.3. The van der Waals surface area contributed by atoms with E-state index in [4.69, 9.17) is 9.47 Å². The molecule has 0 fully saturated rings. The average molecular weight is 287 g/mol. The lowest BCUT2D eigenvalue weighted by atomic mass is 10.2. The molecule has 108 valence electrons. The van der Waals surface area contributed by atoms with Gasteiger partial charge in [-0.15, -0.1) is 0 Å². The molecule has 0 aliphatic carbocycles. The average Bonchev–Trinajstić information content (AvgIpc) is 2.43. The van der Waals surface area contributed by atoms with Crippen molar-refractivity contribution in [2.75, 3.05) is 14.2 Å². The van der Waals surface area contributed by atoms with E-state index in [2.05, 4.69) is 4.72 Å². The molecule has 1 rings (SSSR count). The zero-order chi connectivity index (χ0) is 14.5. The van der Waals surface area contributed by atoms with Gasteiger partial charge in [-0.1, -0.05) is 13.8 Å². The van der Waals surface area contributed by atoms with Gasteiger partial charge in [0.25, 0.3) is 0 Å². The number of hydrogen-bond acceptors (Lipinski definition) is 4. The molecule has 1 N–H and O–H groups in total. The first-order valence-corrected chi connectivity index (χ1v) is 7.71. The van der Waals surface area contributed by atoms with E-state index in [9.17, 15) is 8.42 Å². The molecule has 0 aromatic heterocycles. The van der Waals surface area contributed by atoms with E-state index < -0.39 is 10.0 Å². The molecule has 0 unspecified atom stereocenters. The molecule has 5 nitrogen and oxygen atoms in total. The van der Waals surface area contributed by atoms with Gasteiger partial charge in [-0.2, -0.15) is 0 Å². The topological polar surface area (TPSA) is 64.6 Å². The van der Waals surface area contributed by atoms with Gasteiger partial charge < -0.3 is 9.47 Å². The smallest absolute Gasteiger partial charge is 0.240 e. The Morgan fingerprint density at radius 2 is 1.68 bits per heavy atom. The Morgan fingerprint density at radius 1 is 1.11 bits per heavy atom. The highest BCUT2D eigenvalue weighted by Gasteiger charge is 2.19. The summed E-state index contributed by atoms with van der Waals surface area (Å²) in [6.45, 7) is 3.90. The Kier molecular flexibility index (Phi) is 5.62. The molecular weight excluding hydrogens is 266 g/mol. The van der Waals surface area contributed by atoms with Gasteiger partial charge in [0.2, 0.25) is 10.0 Å². The highest BCUT2D eigenvalue weighted by atomic mass is 32.2. The SMILES string of the molecule is CCC(CC)NS(=O)(=O)c1ccc(OC)c(OC)c1. The maximum Gasteiger partial charge on any atom is 0.240 e. The van der Waals surface area contributed by atoms with Crippen LogP contribution in [0.1, 0.15) is 26.7 Å². The number of nitrogens with one attached hydrogen (secondary N) is 1. The Bertz CT molecular complexity index is 509. The Balaban J connectivity index is 3.08. The van der Waals surface area contributed by atoms with Crippen molar-refractivity contribution in [3.63, 3.8) is 0 Å². The lowest BCUT2D eigenvalue weighted by Crippen LogP contribution is -2.33. The van der Waals surface area contributed by atoms with Gasteiger partial charge in [-0.05, 0) is 25.0 Å². The molecule has 0 spiro atoms. The highest BCUT2D eigenvalue weighted by molar-refractivity contribution is 7.89. The van der Waals surface area contributed by atoms with Crippen LogP contribution in [0.3, 0.4) is 0 Å². The molecule has 0 aliphatic heterocycles. The zero-order valence-electron chi connectivity index (χ0n) is 11.8. The van der Waals surface area contributed by atoms with Crippen LogP contribution in [0, 0.1) is 0 Å². The van der Waals surface area contributed by atoms with Crippen LogP contribution in [0.2, 0.25) is 0 Å². The lowest BCUT2D eigenvalue weighted by molar-refractivity contribution is 0.354. The molecule has 19 heavy (non-hydrogen) atoms. The summed E-state index contributed by atoms with van der Waals surface area (Å²) in [5.74, 6) is 0.902. The summed E-state index contributed by atoms with van der Waals surface area (Å²) in [6, 6.07) is 4.49. The van der Waals surface area contributed by atoms with Gasteiger partial charge in [0, 0.05) is 12.1 Å². The Hall–Kier alpha value is -1.27. The molecule has 0 saturated carbocycles. The normalized spacial score (nSPS) is 11.6. The van der Waals surface area contributed by atoms with E-state index in [0.29, 0.717) is 11.5 Å². The van der Waals surface area contributed by atoms with Gasteiger partial charge in [-0.3, -0.25) is 0 Å². The fourth-order valence-corrected chi connectivity index (χ4v) is 3.14. The zero-order valence-corrected chi connectivity index (χ0v) is 12.6. The first-order chi connectivity index (χ1) is 8.98. The third-order valence-electron chi connectivity index (χ3n) is 2.97. The fourth-order valence-electron chi connectivity index (χ4n) is 1.73. The first kappa shape index (κ1) is 15.8. The van der Waals surface area contributed by atoms with Crippen LogP contribution in [0.15, 0.2) is 23.1 Å². The second kappa shape index (κ2) is 6.77. The van der Waals surface area contributed by atoms with Crippen LogP contribution in [0.4, 0.5) is 0 Å². The maximum absolute atomic E-state index is 12.2. The predicted molar refractivity (Wildman–Crippen MR) is 74.2 cm³/mol. The molecule has 0 aliphatic rings. The van der Waals surface area contributed by atoms with Crippen LogP contribution in [0.5, 0.6) is 11.5 Å². The number of hydrogen-bond donors (Lipinski definition) is 1. The molecule has 0 radical (unpaired) electrons. The molecule has 0 heterocycles. The van der Waals surface area contributed by atoms with Gasteiger partial charge in [0.15, 0.2) is 11.5 Å². The van der Waals surface area contributed by atoms with Gasteiger partial charge in [0.1, 0.15) is 0 Å². The quantitative estimate of drug-likeness (QED) is 0.834. The molecule has 0 saturated heterocycles. The van der Waals surface area contributed by atoms with E-state index in [1.165, 1.54) is 26.4 Å². The second-order valence-electron chi connectivity index (χ2n) is 4.15. The monoisotopic (exact) mass is 287 g/mol. The summed E-state index contributed by atoms with van der Waals surface area (Å²) in [7, 11) is -0.544. The lowest BCUT2D eigenvalue weighted by Gasteiger charge is -2.16. The molecule has 0 amide bonds. The second-order valence-corrected chi connectivity index (χ2v) is 5.87. The number of benzene rings is 1. The van der Waals surface area contributed by atoms with Crippen LogP contribution in [0.25, 0.3) is 0 Å². The number of sulfonamides is 1. The Labute approximate surface area is 115 Å². The van der Waals surface area contributed by atoms with Crippen LogP contribution in [-0.4, -0.2) is 28.7 Å². The van der Waals surface area contributed by atoms with Crippen molar-refractivity contribution in [1.29, 1.82) is 0 Å². The van der Waals surface area contributed by atoms with Crippen molar-refractivity contribution >= 4 is 10.0 Å². The molecule has 0 bridgehead atoms. The van der Waals surface area contributed by atoms with E-state index in [1.807, 2.05) is 13.8 Å². The minimum atomic E-state index is -3.53. The standard InChI is InChI=1S/C13H21NO4S/c1-5-10(6-2)14-19(15,16)11-7-8-12(17-3)13(9-11)18-4/h7-10,14H,5-6H2,1-4H3. The van der Waals surface area contributed by atoms with Crippen molar-refractivity contribution in [2.45, 2.75) is 37.6 Å². The van der Waals surface area contributed by atoms with E-state index in [1.54, 1.807) is 6.07 Å². The summed E-state index contributed by atoms with van der Waals surface area (Å²) in [6.07, 6.45) is 1.51. The summed E-state index contributed by atoms with van der Waals surface area (Å²) in [5.41, 5.74) is 0. The molecule has 6 heteroatoms. The molecule has 1 aromatic carbocycles. The largest absolute Gasteiger partial charge is 0.493 e. The predicted octanol–water partition coefficient (Wildman–Crippen LogP) is 2.17. The fraction of sp³-hybridized carbons (Fsp3) is 0.538. The van der Waals surface area contributed by atoms with E-state index in [-0.39, 0.29) is 10.9 Å². The summed E-state index contributed by atoms with van der Waals surface area (Å²) >= 11 is 0. The minimum Gasteiger partial charge on any atom is -0.493 e. The number of rotatable bonds is 7. The minimum absolute atomic E-state index is 0.0573. The molecule has 1 aromatic rings. The number of methoxy groups -OCH3 is 2. The van der Waals surface area contributed by atoms with Crippen molar-refractivity contribution in [3.8, 4) is 11.5 Å². The third kappa shape index (κ3) is 3.84. The van der Waals surface area contributed by atoms with Crippen LogP contribution >= 0.6 is 0 Å². The maximum atomic E-state index is 12.2. The summed E-state index contributed by atoms with van der Waals surface area (Å²) in [5, 5.41) is 0. The van der Waals surface area contributed by atoms with Crippen LogP contribution < -0.4 is 14.2 Å². The van der Waals surface area contributed by atoms with E-state index >= 15 is 0 Å². The summed E-state index contributed by atoms with van der Waals surface area (Å²) in [4.78, 5) is 0.178. The van der Waals surface area contributed by atoms with Crippen molar-refractivity contribution in [3.05, 3.63) is 18.2 Å². The highest BCUT2D eigenvalue weighted by Crippen LogP contribution is 2.29. The van der Waals surface area contributed by atoms with Gasteiger partial charge in [0.05, 0.1) is 19.1 Å². The first-order valence-electron chi connectivity index (χ1n) is 6.22. The van der Waals surface area contributed by atoms with Crippen molar-refractivity contribution in [2.24, 2.45) is 0 Å². The Morgan fingerprint density at radius 3 is 2.16 bits per heavy atom. The molecule has 0 atom stereocenters. The van der Waals surface area contributed by atoms with Crippen molar-refractivity contribution < 1.29 is 17.9 Å². The molecular formula is C13H21NO4S.